The number of alkyl halides is 10. The van der Waals surface area contributed by atoms with E-state index in [4.69, 9.17) is 5.73 Å². The number of halogens is 11. The van der Waals surface area contributed by atoms with E-state index < -0.39 is 39.5 Å². The van der Waals surface area contributed by atoms with E-state index in [9.17, 15) is 64.1 Å². The number of rotatable bonds is 15. The Kier molecular flexibility index (Phi) is 25.8. The Labute approximate surface area is 613 Å². The number of nitrogens with zero attached hydrogens (tertiary/aromatic N) is 18. The van der Waals surface area contributed by atoms with Crippen LogP contribution in [-0.2, 0) is 46.2 Å². The molecule has 106 heavy (non-hydrogen) atoms. The highest BCUT2D eigenvalue weighted by Gasteiger charge is 2.42. The highest BCUT2D eigenvalue weighted by atomic mass is 79.9. The summed E-state index contributed by atoms with van der Waals surface area (Å²) in [5.41, 5.74) is 16.0. The molecule has 0 bridgehead atoms. The lowest BCUT2D eigenvalue weighted by atomic mass is 10.1. The van der Waals surface area contributed by atoms with Gasteiger partial charge in [0.05, 0.1) is 114 Å². The van der Waals surface area contributed by atoms with Crippen molar-refractivity contribution in [1.29, 1.82) is 0 Å². The molecule has 5 saturated heterocycles. The Morgan fingerprint density at radius 1 is 0.500 bits per heavy atom. The number of aromatic nitrogens is 11. The van der Waals surface area contributed by atoms with Crippen LogP contribution in [0.1, 0.15) is 94.5 Å². The van der Waals surface area contributed by atoms with Gasteiger partial charge in [-0.2, -0.15) is 0 Å². The molecule has 14 rings (SSSR count). The number of fused-ring (bicyclic) bond motifs is 2. The van der Waals surface area contributed by atoms with Gasteiger partial charge >= 0.3 is 0 Å². The quantitative estimate of drug-likeness (QED) is 0.0372. The van der Waals surface area contributed by atoms with Crippen LogP contribution in [0.5, 0.6) is 0 Å². The molecule has 5 aliphatic heterocycles. The van der Waals surface area contributed by atoms with Crippen LogP contribution in [0.4, 0.5) is 107 Å². The summed E-state index contributed by atoms with van der Waals surface area (Å²) in [6.45, 7) is 10.1. The van der Waals surface area contributed by atoms with Crippen molar-refractivity contribution in [3.05, 3.63) is 151 Å². The zero-order valence-corrected chi connectivity index (χ0v) is 61.4. The SMILES string of the molecule is CCc1cc(Br)ncc1[N+](=O)[O-].CCc1cc(N2CCC(F)(F)C2)ncc1N.CCc1cc(N2CCC(F)(F)C2)ncc1N(C)c1cc2c(cn1)ncn2C.CCc1cc(N2CCC(F)(F)C2)ncc1Nc1cc2c(cn1)ncn2C.CCc1cc(N2CCC(F)(F)C2)ncc1[N+](=O)[O-].FC1(F)CCNC1. The minimum absolute atomic E-state index is 0.00694. The van der Waals surface area contributed by atoms with Crippen LogP contribution in [0.3, 0.4) is 0 Å². The minimum Gasteiger partial charge on any atom is -0.397 e. The van der Waals surface area contributed by atoms with E-state index in [2.05, 4.69) is 71.4 Å². The number of nitrogens with two attached hydrogens (primary N) is 1. The Balaban J connectivity index is 0.000000153. The molecule has 0 aliphatic carbocycles. The normalized spacial score (nSPS) is 17.1. The molecular formula is C70H84BrF10N21O4. The average molecular weight is 1550 g/mol. The third-order valence-electron chi connectivity index (χ3n) is 18.3. The number of nitrogen functional groups attached to an aromatic ring is 1. The van der Waals surface area contributed by atoms with Crippen LogP contribution < -0.4 is 40.9 Å². The van der Waals surface area contributed by atoms with Gasteiger partial charge in [0.25, 0.3) is 41.0 Å². The van der Waals surface area contributed by atoms with Gasteiger partial charge in [-0.3, -0.25) is 20.2 Å². The number of nitro groups is 2. The molecule has 5 fully saturated rings. The molecule has 0 spiro atoms. The molecule has 0 saturated carbocycles. The second-order valence-electron chi connectivity index (χ2n) is 26.1. The van der Waals surface area contributed by atoms with Crippen molar-refractivity contribution in [2.45, 2.75) is 128 Å². The lowest BCUT2D eigenvalue weighted by Gasteiger charge is -2.24. The predicted molar refractivity (Wildman–Crippen MR) is 391 cm³/mol. The Morgan fingerprint density at radius 2 is 0.915 bits per heavy atom. The van der Waals surface area contributed by atoms with Gasteiger partial charge < -0.3 is 50.0 Å². The second kappa shape index (κ2) is 34.1. The van der Waals surface area contributed by atoms with Crippen molar-refractivity contribution < 1.29 is 53.8 Å². The number of hydrogen-bond acceptors (Lipinski definition) is 21. The summed E-state index contributed by atoms with van der Waals surface area (Å²) in [4.78, 5) is 66.7. The Hall–Kier alpha value is -9.87. The summed E-state index contributed by atoms with van der Waals surface area (Å²) < 4.78 is 135. The van der Waals surface area contributed by atoms with Crippen LogP contribution in [0, 0.1) is 20.2 Å². The highest BCUT2D eigenvalue weighted by molar-refractivity contribution is 9.10. The number of aryl methyl sites for hydroxylation is 7. The monoisotopic (exact) mass is 1550 g/mol. The van der Waals surface area contributed by atoms with Gasteiger partial charge in [0.1, 0.15) is 62.9 Å². The molecular weight excluding hydrogens is 1470 g/mol. The van der Waals surface area contributed by atoms with Crippen LogP contribution in [0.2, 0.25) is 0 Å². The van der Waals surface area contributed by atoms with Crippen molar-refractivity contribution in [2.75, 3.05) is 108 Å². The van der Waals surface area contributed by atoms with Gasteiger partial charge in [-0.1, -0.05) is 34.6 Å². The molecule has 0 amide bonds. The number of imidazole rings is 2. The smallest absolute Gasteiger partial charge is 0.290 e. The highest BCUT2D eigenvalue weighted by Crippen LogP contribution is 2.38. The molecule has 0 radical (unpaired) electrons. The first-order valence-electron chi connectivity index (χ1n) is 34.4. The third kappa shape index (κ3) is 20.8. The average Bonchev–Trinajstić information content (AvgIpc) is 1.51. The molecule has 570 valence electrons. The maximum atomic E-state index is 13.5. The third-order valence-corrected chi connectivity index (χ3v) is 18.8. The van der Waals surface area contributed by atoms with Gasteiger partial charge in [0.15, 0.2) is 0 Å². The van der Waals surface area contributed by atoms with E-state index in [1.165, 1.54) is 17.2 Å². The van der Waals surface area contributed by atoms with Gasteiger partial charge in [-0.05, 0) is 95.1 Å². The van der Waals surface area contributed by atoms with E-state index in [1.54, 1.807) is 77.4 Å². The number of nitrogens with one attached hydrogen (secondary N) is 2. The standard InChI is InChI=1S/C19H22F2N6.C18H20F2N6.C11H13F2N3O2.C11H15F2N3.C7H7BrN2O2.C4H7F2N/c1-4-13-7-18(27-6-5-19(20,21)11-27)23-10-16(13)26(3)17-8-15-14(9-22-17)24-12-25(15)2;1-3-12-6-17(26-5-4-18(19,20)10-26)22-8-13(12)24-16-7-15-14(9-21-16)23-11-25(15)2;1-2-8-5-10(14-6-9(8)16(17)18)15-4-3-11(12,13)7-15;1-2-8-5-10(15-6-9(8)14)16-4-3-11(12,13)7-16;1-2-5-3-7(8)9-4-6(5)10(11)12;5-4(6)1-2-7-3-4/h7-10,12H,4-6,11H2,1-3H3;6-9,11H,3-5,10H2,1-2H3,(H,21,24);5-6H,2-4,7H2,1H3;5-6H,2-4,7,14H2,1H3;3-4H,2H2,1H3;7H,1-3H2. The molecule has 5 aliphatic rings. The fraction of sp³-hybridized carbons (Fsp3) is 0.471. The molecule has 0 unspecified atom stereocenters. The molecule has 0 atom stereocenters. The topological polar surface area (TPSA) is 278 Å². The van der Waals surface area contributed by atoms with Crippen molar-refractivity contribution in [3.63, 3.8) is 0 Å². The molecule has 25 nitrogen and oxygen atoms in total. The van der Waals surface area contributed by atoms with Gasteiger partial charge in [0.2, 0.25) is 0 Å². The zero-order valence-electron chi connectivity index (χ0n) is 59.8. The zero-order chi connectivity index (χ0) is 77.1. The molecule has 14 heterocycles. The maximum Gasteiger partial charge on any atom is 0.290 e. The van der Waals surface area contributed by atoms with Crippen LogP contribution in [0.15, 0.2) is 103 Å². The number of pyridine rings is 7. The summed E-state index contributed by atoms with van der Waals surface area (Å²) in [5.74, 6) is -9.31. The van der Waals surface area contributed by atoms with Crippen molar-refractivity contribution in [3.8, 4) is 0 Å². The van der Waals surface area contributed by atoms with Crippen molar-refractivity contribution in [2.24, 2.45) is 14.1 Å². The van der Waals surface area contributed by atoms with Crippen LogP contribution >= 0.6 is 15.9 Å². The van der Waals surface area contributed by atoms with Gasteiger partial charge in [-0.15, -0.1) is 0 Å². The molecule has 0 aromatic carbocycles. The van der Waals surface area contributed by atoms with Gasteiger partial charge in [-0.25, -0.2) is 88.8 Å². The van der Waals surface area contributed by atoms with Crippen LogP contribution in [-0.4, -0.2) is 166 Å². The number of hydrogen-bond donors (Lipinski definition) is 3. The van der Waals surface area contributed by atoms with Crippen LogP contribution in [0.25, 0.3) is 22.1 Å². The maximum absolute atomic E-state index is 13.5. The Morgan fingerprint density at radius 3 is 1.35 bits per heavy atom. The Bertz CT molecular complexity index is 4530. The summed E-state index contributed by atoms with van der Waals surface area (Å²) in [5, 5.41) is 27.0. The van der Waals surface area contributed by atoms with E-state index in [0.717, 1.165) is 81.4 Å². The van der Waals surface area contributed by atoms with E-state index in [-0.39, 0.29) is 82.7 Å². The lowest BCUT2D eigenvalue weighted by molar-refractivity contribution is -0.386. The minimum atomic E-state index is -2.70. The fourth-order valence-electron chi connectivity index (χ4n) is 12.2. The van der Waals surface area contributed by atoms with E-state index in [1.807, 2.05) is 87.1 Å². The molecule has 9 aromatic heterocycles. The first kappa shape index (κ1) is 80.2. The van der Waals surface area contributed by atoms with E-state index >= 15 is 0 Å². The summed E-state index contributed by atoms with van der Waals surface area (Å²) in [6, 6.07) is 12.7. The second-order valence-corrected chi connectivity index (χ2v) is 26.9. The number of anilines is 9. The summed E-state index contributed by atoms with van der Waals surface area (Å²) in [6.07, 6.45) is 17.3. The summed E-state index contributed by atoms with van der Waals surface area (Å²) in [7, 11) is 5.81. The molecule has 9 aromatic rings. The molecule has 36 heteroatoms. The largest absolute Gasteiger partial charge is 0.397 e. The van der Waals surface area contributed by atoms with Crippen molar-refractivity contribution in [1.82, 2.24) is 59.3 Å². The summed E-state index contributed by atoms with van der Waals surface area (Å²) >= 11 is 3.15. The molecule has 4 N–H and O–H groups in total. The first-order chi connectivity index (χ1) is 50.1. The first-order valence-corrected chi connectivity index (χ1v) is 35.2. The fourth-order valence-corrected chi connectivity index (χ4v) is 12.6. The van der Waals surface area contributed by atoms with Crippen molar-refractivity contribution >= 4 is 101 Å². The van der Waals surface area contributed by atoms with E-state index in [0.29, 0.717) is 89.5 Å². The lowest BCUT2D eigenvalue weighted by Crippen LogP contribution is -2.26. The van der Waals surface area contributed by atoms with Gasteiger partial charge in [0, 0.05) is 109 Å². The predicted octanol–water partition coefficient (Wildman–Crippen LogP) is 14.5.